The maximum Gasteiger partial charge on any atom is 0.254 e. The van der Waals surface area contributed by atoms with Crippen molar-refractivity contribution in [3.8, 4) is 0 Å². The fraction of sp³-hybridized carbons (Fsp3) is 0.462. The van der Waals surface area contributed by atoms with E-state index in [9.17, 15) is 4.79 Å². The van der Waals surface area contributed by atoms with E-state index in [1.807, 2.05) is 4.90 Å². The van der Waals surface area contributed by atoms with Gasteiger partial charge in [-0.25, -0.2) is 0 Å². The van der Waals surface area contributed by atoms with Gasteiger partial charge in [-0.1, -0.05) is 27.5 Å². The van der Waals surface area contributed by atoms with Gasteiger partial charge in [0.2, 0.25) is 0 Å². The van der Waals surface area contributed by atoms with E-state index < -0.39 is 0 Å². The molecule has 0 unspecified atom stereocenters. The third-order valence-electron chi connectivity index (χ3n) is 3.27. The molecule has 2 rings (SSSR count). The van der Waals surface area contributed by atoms with Crippen LogP contribution in [0, 0.1) is 0 Å². The molecule has 1 fully saturated rings. The average Bonchev–Trinajstić information content (AvgIpc) is 2.29. The van der Waals surface area contributed by atoms with Crippen molar-refractivity contribution in [1.29, 1.82) is 0 Å². The Balaban J connectivity index is 2.18. The van der Waals surface area contributed by atoms with Gasteiger partial charge in [-0.15, -0.1) is 0 Å². The van der Waals surface area contributed by atoms with Crippen LogP contribution in [0.3, 0.4) is 0 Å². The summed E-state index contributed by atoms with van der Waals surface area (Å²) in [5, 5.41) is 1.44. The number of nitrogens with zero attached hydrogens (tertiary/aromatic N) is 1. The van der Waals surface area contributed by atoms with Crippen molar-refractivity contribution in [2.24, 2.45) is 0 Å². The van der Waals surface area contributed by atoms with E-state index in [4.69, 9.17) is 11.6 Å². The molecule has 0 aliphatic heterocycles. The topological polar surface area (TPSA) is 20.3 Å². The lowest BCUT2D eigenvalue weighted by Gasteiger charge is -2.37. The standard InChI is InChI=1S/C13H14Br2ClNO/c14-6-7-17(10-2-1-3-10)13(18)9-4-5-12(16)11(15)8-9/h4-5,8,10H,1-3,6-7H2. The molecule has 1 amide bonds. The molecule has 1 aromatic rings. The fourth-order valence-electron chi connectivity index (χ4n) is 2.03. The largest absolute Gasteiger partial charge is 0.335 e. The molecule has 0 saturated heterocycles. The molecule has 1 aromatic carbocycles. The lowest BCUT2D eigenvalue weighted by molar-refractivity contribution is 0.0599. The minimum Gasteiger partial charge on any atom is -0.335 e. The van der Waals surface area contributed by atoms with E-state index in [2.05, 4.69) is 31.9 Å². The van der Waals surface area contributed by atoms with Crippen LogP contribution in [0.5, 0.6) is 0 Å². The van der Waals surface area contributed by atoms with E-state index in [-0.39, 0.29) is 5.91 Å². The maximum absolute atomic E-state index is 12.5. The summed E-state index contributed by atoms with van der Waals surface area (Å²) in [6, 6.07) is 5.75. The molecular formula is C13H14Br2ClNO. The van der Waals surface area contributed by atoms with Crippen molar-refractivity contribution in [3.05, 3.63) is 33.3 Å². The Morgan fingerprint density at radius 3 is 2.67 bits per heavy atom. The van der Waals surface area contributed by atoms with Crippen molar-refractivity contribution in [1.82, 2.24) is 4.90 Å². The monoisotopic (exact) mass is 393 g/mol. The van der Waals surface area contributed by atoms with Crippen molar-refractivity contribution < 1.29 is 4.79 Å². The average molecular weight is 396 g/mol. The summed E-state index contributed by atoms with van der Waals surface area (Å²) in [6.45, 7) is 0.754. The molecule has 98 valence electrons. The SMILES string of the molecule is O=C(c1ccc(Cl)c(Br)c1)N(CCBr)C1CCC1. The zero-order valence-corrected chi connectivity index (χ0v) is 13.8. The Hall–Kier alpha value is -0.0600. The Morgan fingerprint density at radius 1 is 1.44 bits per heavy atom. The normalized spacial score (nSPS) is 15.3. The second-order valence-electron chi connectivity index (χ2n) is 4.40. The predicted octanol–water partition coefficient (Wildman–Crippen LogP) is 4.49. The van der Waals surface area contributed by atoms with Crippen LogP contribution in [0.4, 0.5) is 0 Å². The van der Waals surface area contributed by atoms with Gasteiger partial charge in [-0.3, -0.25) is 4.79 Å². The van der Waals surface area contributed by atoms with Gasteiger partial charge in [-0.05, 0) is 53.4 Å². The van der Waals surface area contributed by atoms with Crippen LogP contribution in [0.15, 0.2) is 22.7 Å². The zero-order chi connectivity index (χ0) is 13.1. The minimum atomic E-state index is 0.0940. The highest BCUT2D eigenvalue weighted by Gasteiger charge is 2.28. The second-order valence-corrected chi connectivity index (χ2v) is 6.46. The van der Waals surface area contributed by atoms with Gasteiger partial charge >= 0.3 is 0 Å². The quantitative estimate of drug-likeness (QED) is 0.688. The molecule has 1 aliphatic carbocycles. The maximum atomic E-state index is 12.5. The first-order valence-corrected chi connectivity index (χ1v) is 8.24. The number of halogens is 3. The van der Waals surface area contributed by atoms with Crippen molar-refractivity contribution in [3.63, 3.8) is 0 Å². The highest BCUT2D eigenvalue weighted by Crippen LogP contribution is 2.28. The fourth-order valence-corrected chi connectivity index (χ4v) is 2.91. The number of amides is 1. The zero-order valence-electron chi connectivity index (χ0n) is 9.83. The Morgan fingerprint density at radius 2 is 2.17 bits per heavy atom. The number of carbonyl (C=O) groups excluding carboxylic acids is 1. The minimum absolute atomic E-state index is 0.0940. The van der Waals surface area contributed by atoms with Crippen molar-refractivity contribution >= 4 is 49.4 Å². The number of rotatable bonds is 4. The smallest absolute Gasteiger partial charge is 0.254 e. The third kappa shape index (κ3) is 3.09. The van der Waals surface area contributed by atoms with Crippen LogP contribution in [-0.4, -0.2) is 28.7 Å². The molecular weight excluding hydrogens is 381 g/mol. The van der Waals surface area contributed by atoms with Gasteiger partial charge in [0.1, 0.15) is 0 Å². The van der Waals surface area contributed by atoms with E-state index in [0.29, 0.717) is 16.6 Å². The first-order chi connectivity index (χ1) is 8.63. The van der Waals surface area contributed by atoms with Crippen LogP contribution >= 0.6 is 43.5 Å². The van der Waals surface area contributed by atoms with Gasteiger partial charge < -0.3 is 4.90 Å². The highest BCUT2D eigenvalue weighted by molar-refractivity contribution is 9.10. The number of alkyl halides is 1. The highest BCUT2D eigenvalue weighted by atomic mass is 79.9. The number of carbonyl (C=O) groups is 1. The van der Waals surface area contributed by atoms with E-state index in [1.54, 1.807) is 18.2 Å². The molecule has 0 bridgehead atoms. The van der Waals surface area contributed by atoms with Gasteiger partial charge in [-0.2, -0.15) is 0 Å². The van der Waals surface area contributed by atoms with Crippen molar-refractivity contribution in [2.45, 2.75) is 25.3 Å². The summed E-state index contributed by atoms with van der Waals surface area (Å²) >= 11 is 12.7. The van der Waals surface area contributed by atoms with Crippen LogP contribution in [0.1, 0.15) is 29.6 Å². The third-order valence-corrected chi connectivity index (χ3v) is 4.84. The summed E-state index contributed by atoms with van der Waals surface area (Å²) in [7, 11) is 0. The molecule has 5 heteroatoms. The van der Waals surface area contributed by atoms with Crippen molar-refractivity contribution in [2.75, 3.05) is 11.9 Å². The van der Waals surface area contributed by atoms with Crippen LogP contribution < -0.4 is 0 Å². The van der Waals surface area contributed by atoms with E-state index in [0.717, 1.165) is 29.2 Å². The molecule has 0 spiro atoms. The van der Waals surface area contributed by atoms with E-state index >= 15 is 0 Å². The summed E-state index contributed by atoms with van der Waals surface area (Å²) in [5.41, 5.74) is 0.694. The number of benzene rings is 1. The van der Waals surface area contributed by atoms with Crippen LogP contribution in [-0.2, 0) is 0 Å². The van der Waals surface area contributed by atoms with E-state index in [1.165, 1.54) is 6.42 Å². The van der Waals surface area contributed by atoms with Gasteiger partial charge in [0.15, 0.2) is 0 Å². The van der Waals surface area contributed by atoms with Gasteiger partial charge in [0.05, 0.1) is 5.02 Å². The molecule has 2 nitrogen and oxygen atoms in total. The summed E-state index contributed by atoms with van der Waals surface area (Å²) < 4.78 is 0.766. The second kappa shape index (κ2) is 6.40. The molecule has 0 N–H and O–H groups in total. The molecule has 1 aliphatic rings. The molecule has 0 heterocycles. The lowest BCUT2D eigenvalue weighted by atomic mass is 9.91. The van der Waals surface area contributed by atoms with Crippen LogP contribution in [0.25, 0.3) is 0 Å². The van der Waals surface area contributed by atoms with Crippen LogP contribution in [0.2, 0.25) is 5.02 Å². The first kappa shape index (κ1) is 14.4. The van der Waals surface area contributed by atoms with Gasteiger partial charge in [0, 0.05) is 28.0 Å². The summed E-state index contributed by atoms with van der Waals surface area (Å²) in [6.07, 6.45) is 3.46. The molecule has 18 heavy (non-hydrogen) atoms. The summed E-state index contributed by atoms with van der Waals surface area (Å²) in [5.74, 6) is 0.0940. The molecule has 0 aromatic heterocycles. The predicted molar refractivity (Wildman–Crippen MR) is 81.6 cm³/mol. The Bertz CT molecular complexity index is 449. The number of hydrogen-bond acceptors (Lipinski definition) is 1. The number of hydrogen-bond donors (Lipinski definition) is 0. The molecule has 0 radical (unpaired) electrons. The Kier molecular flexibility index (Phi) is 5.10. The Labute approximate surface area is 129 Å². The molecule has 0 atom stereocenters. The summed E-state index contributed by atoms with van der Waals surface area (Å²) in [4.78, 5) is 14.4. The molecule has 1 saturated carbocycles. The first-order valence-electron chi connectivity index (χ1n) is 5.95. The van der Waals surface area contributed by atoms with Gasteiger partial charge in [0.25, 0.3) is 5.91 Å². The lowest BCUT2D eigenvalue weighted by Crippen LogP contribution is -2.45.